The number of benzene rings is 2. The lowest BCUT2D eigenvalue weighted by molar-refractivity contribution is -0.115. The molecular formula is C19H16O2. The first kappa shape index (κ1) is 13.4. The van der Waals surface area contributed by atoms with Gasteiger partial charge >= 0.3 is 0 Å². The van der Waals surface area contributed by atoms with Crippen molar-refractivity contribution in [2.24, 2.45) is 0 Å². The zero-order valence-corrected chi connectivity index (χ0v) is 11.7. The number of ether oxygens (including phenoxy) is 1. The first-order chi connectivity index (χ1) is 10.3. The van der Waals surface area contributed by atoms with Gasteiger partial charge in [-0.05, 0) is 29.7 Å². The maximum Gasteiger partial charge on any atom is 0.223 e. The Kier molecular flexibility index (Phi) is 3.97. The Morgan fingerprint density at radius 1 is 0.952 bits per heavy atom. The van der Waals surface area contributed by atoms with Crippen molar-refractivity contribution >= 4 is 11.9 Å². The molecule has 0 heterocycles. The van der Waals surface area contributed by atoms with E-state index >= 15 is 0 Å². The van der Waals surface area contributed by atoms with Gasteiger partial charge < -0.3 is 4.74 Å². The van der Waals surface area contributed by atoms with Gasteiger partial charge in [-0.3, -0.25) is 4.79 Å². The first-order valence-electron chi connectivity index (χ1n) is 7.00. The maximum atomic E-state index is 12.3. The van der Waals surface area contributed by atoms with Crippen LogP contribution in [-0.4, -0.2) is 5.78 Å². The summed E-state index contributed by atoms with van der Waals surface area (Å²) in [5.41, 5.74) is 2.88. The minimum absolute atomic E-state index is 0.00483. The van der Waals surface area contributed by atoms with E-state index in [0.29, 0.717) is 18.8 Å². The number of rotatable bonds is 4. The predicted molar refractivity (Wildman–Crippen MR) is 83.4 cm³/mol. The fourth-order valence-corrected chi connectivity index (χ4v) is 2.28. The van der Waals surface area contributed by atoms with E-state index in [9.17, 15) is 4.79 Å². The molecule has 0 fully saturated rings. The average molecular weight is 276 g/mol. The molecule has 0 atom stereocenters. The SMILES string of the molecule is O=C1C(OCc2ccccc2)=CC/C1=C\c1ccccc1. The molecule has 21 heavy (non-hydrogen) atoms. The summed E-state index contributed by atoms with van der Waals surface area (Å²) in [6.07, 6.45) is 4.43. The van der Waals surface area contributed by atoms with Gasteiger partial charge in [-0.1, -0.05) is 60.7 Å². The highest BCUT2D eigenvalue weighted by Gasteiger charge is 2.22. The highest BCUT2D eigenvalue weighted by Crippen LogP contribution is 2.24. The normalized spacial score (nSPS) is 16.1. The zero-order chi connectivity index (χ0) is 14.5. The lowest BCUT2D eigenvalue weighted by Gasteiger charge is -2.06. The van der Waals surface area contributed by atoms with Gasteiger partial charge in [0.25, 0.3) is 0 Å². The molecule has 0 aliphatic heterocycles. The second kappa shape index (κ2) is 6.23. The second-order valence-electron chi connectivity index (χ2n) is 4.96. The molecule has 104 valence electrons. The molecule has 0 saturated carbocycles. The fraction of sp³-hybridized carbons (Fsp3) is 0.105. The largest absolute Gasteiger partial charge is 0.485 e. The number of hydrogen-bond acceptors (Lipinski definition) is 2. The van der Waals surface area contributed by atoms with Crippen LogP contribution in [0.3, 0.4) is 0 Å². The summed E-state index contributed by atoms with van der Waals surface area (Å²) in [7, 11) is 0. The highest BCUT2D eigenvalue weighted by atomic mass is 16.5. The van der Waals surface area contributed by atoms with E-state index in [2.05, 4.69) is 0 Å². The van der Waals surface area contributed by atoms with Gasteiger partial charge in [-0.15, -0.1) is 0 Å². The van der Waals surface area contributed by atoms with Crippen molar-refractivity contribution in [3.63, 3.8) is 0 Å². The number of hydrogen-bond donors (Lipinski definition) is 0. The van der Waals surface area contributed by atoms with E-state index in [-0.39, 0.29) is 5.78 Å². The molecule has 0 unspecified atom stereocenters. The van der Waals surface area contributed by atoms with Crippen LogP contribution < -0.4 is 0 Å². The lowest BCUT2D eigenvalue weighted by atomic mass is 10.1. The van der Waals surface area contributed by atoms with E-state index in [1.165, 1.54) is 0 Å². The zero-order valence-electron chi connectivity index (χ0n) is 11.7. The van der Waals surface area contributed by atoms with Crippen molar-refractivity contribution in [3.8, 4) is 0 Å². The Labute approximate surface area is 124 Å². The summed E-state index contributed by atoms with van der Waals surface area (Å²) >= 11 is 0. The third-order valence-corrected chi connectivity index (χ3v) is 3.40. The van der Waals surface area contributed by atoms with Crippen molar-refractivity contribution in [3.05, 3.63) is 89.2 Å². The smallest absolute Gasteiger partial charge is 0.223 e. The number of carbonyl (C=O) groups excluding carboxylic acids is 1. The van der Waals surface area contributed by atoms with Crippen molar-refractivity contribution in [1.29, 1.82) is 0 Å². The molecule has 0 bridgehead atoms. The molecule has 1 aliphatic carbocycles. The lowest BCUT2D eigenvalue weighted by Crippen LogP contribution is -2.03. The molecule has 1 aliphatic rings. The van der Waals surface area contributed by atoms with Gasteiger partial charge in [-0.25, -0.2) is 0 Å². The van der Waals surface area contributed by atoms with Crippen LogP contribution in [0.1, 0.15) is 17.5 Å². The van der Waals surface area contributed by atoms with Crippen LogP contribution in [0.25, 0.3) is 6.08 Å². The minimum Gasteiger partial charge on any atom is -0.485 e. The number of Topliss-reactive ketones (excluding diaryl/α,β-unsaturated/α-hetero) is 1. The Bertz CT molecular complexity index is 682. The van der Waals surface area contributed by atoms with Crippen LogP contribution in [0.15, 0.2) is 78.1 Å². The first-order valence-corrected chi connectivity index (χ1v) is 7.00. The number of ketones is 1. The summed E-state index contributed by atoms with van der Waals surface area (Å²) in [5, 5.41) is 0. The van der Waals surface area contributed by atoms with Crippen molar-refractivity contribution in [2.45, 2.75) is 13.0 Å². The summed E-state index contributed by atoms with van der Waals surface area (Å²) in [5.74, 6) is 0.454. The van der Waals surface area contributed by atoms with Gasteiger partial charge in [0.15, 0.2) is 5.76 Å². The standard InChI is InChI=1S/C19H16O2/c20-19-17(13-15-7-3-1-4-8-15)11-12-18(19)21-14-16-9-5-2-6-10-16/h1-10,12-13H,11,14H2/b17-13+. The molecule has 0 saturated heterocycles. The van der Waals surface area contributed by atoms with Gasteiger partial charge in [0, 0.05) is 5.57 Å². The molecule has 0 amide bonds. The summed E-state index contributed by atoms with van der Waals surface area (Å²) < 4.78 is 5.64. The van der Waals surface area contributed by atoms with Crippen LogP contribution >= 0.6 is 0 Å². The molecule has 0 aromatic heterocycles. The average Bonchev–Trinajstić information content (AvgIpc) is 2.88. The predicted octanol–water partition coefficient (Wildman–Crippen LogP) is 4.14. The molecule has 3 rings (SSSR count). The molecule has 0 N–H and O–H groups in total. The molecule has 0 spiro atoms. The van der Waals surface area contributed by atoms with Crippen LogP contribution in [-0.2, 0) is 16.1 Å². The third kappa shape index (κ3) is 3.29. The fourth-order valence-electron chi connectivity index (χ4n) is 2.28. The van der Waals surface area contributed by atoms with Crippen molar-refractivity contribution in [2.75, 3.05) is 0 Å². The summed E-state index contributed by atoms with van der Waals surface area (Å²) in [4.78, 5) is 12.3. The van der Waals surface area contributed by atoms with Gasteiger partial charge in [-0.2, -0.15) is 0 Å². The van der Waals surface area contributed by atoms with E-state index < -0.39 is 0 Å². The Morgan fingerprint density at radius 3 is 2.33 bits per heavy atom. The second-order valence-corrected chi connectivity index (χ2v) is 4.96. The molecule has 2 heteroatoms. The Morgan fingerprint density at radius 2 is 1.62 bits per heavy atom. The van der Waals surface area contributed by atoms with Crippen LogP contribution in [0, 0.1) is 0 Å². The third-order valence-electron chi connectivity index (χ3n) is 3.40. The Hall–Kier alpha value is -2.61. The molecular weight excluding hydrogens is 260 g/mol. The van der Waals surface area contributed by atoms with Gasteiger partial charge in [0.05, 0.1) is 0 Å². The van der Waals surface area contributed by atoms with Crippen LogP contribution in [0.4, 0.5) is 0 Å². The molecule has 2 aromatic rings. The number of carbonyl (C=O) groups is 1. The summed E-state index contributed by atoms with van der Waals surface area (Å²) in [6, 6.07) is 19.7. The van der Waals surface area contributed by atoms with Crippen molar-refractivity contribution < 1.29 is 9.53 Å². The topological polar surface area (TPSA) is 26.3 Å². The van der Waals surface area contributed by atoms with E-state index in [1.807, 2.05) is 72.8 Å². The van der Waals surface area contributed by atoms with E-state index in [4.69, 9.17) is 4.74 Å². The van der Waals surface area contributed by atoms with Crippen LogP contribution in [0.5, 0.6) is 0 Å². The van der Waals surface area contributed by atoms with Crippen molar-refractivity contribution in [1.82, 2.24) is 0 Å². The van der Waals surface area contributed by atoms with Crippen LogP contribution in [0.2, 0.25) is 0 Å². The van der Waals surface area contributed by atoms with Gasteiger partial charge in [0.1, 0.15) is 6.61 Å². The Balaban J connectivity index is 1.65. The maximum absolute atomic E-state index is 12.3. The monoisotopic (exact) mass is 276 g/mol. The molecule has 2 nitrogen and oxygen atoms in total. The van der Waals surface area contributed by atoms with Gasteiger partial charge in [0.2, 0.25) is 5.78 Å². The quantitative estimate of drug-likeness (QED) is 0.784. The molecule has 0 radical (unpaired) electrons. The van der Waals surface area contributed by atoms with E-state index in [0.717, 1.165) is 16.7 Å². The molecule has 2 aromatic carbocycles. The number of allylic oxidation sites excluding steroid dienone is 2. The highest BCUT2D eigenvalue weighted by molar-refractivity contribution is 6.12. The minimum atomic E-state index is -0.00483. The van der Waals surface area contributed by atoms with E-state index in [1.54, 1.807) is 0 Å². The summed E-state index contributed by atoms with van der Waals surface area (Å²) in [6.45, 7) is 0.428.